The lowest BCUT2D eigenvalue weighted by Gasteiger charge is -2.20. The Balaban J connectivity index is 1.92. The van der Waals surface area contributed by atoms with Gasteiger partial charge in [-0.25, -0.2) is 9.78 Å². The van der Waals surface area contributed by atoms with Gasteiger partial charge in [0, 0.05) is 18.0 Å². The topological polar surface area (TPSA) is 97.1 Å². The van der Waals surface area contributed by atoms with Crippen LogP contribution in [0.2, 0.25) is 0 Å². The molecule has 150 valence electrons. The molecular weight excluding hydrogens is 368 g/mol. The molecule has 0 fully saturated rings. The summed E-state index contributed by atoms with van der Waals surface area (Å²) in [7, 11) is 0. The highest BCUT2D eigenvalue weighted by molar-refractivity contribution is 6.05. The monoisotopic (exact) mass is 392 g/mol. The zero-order valence-corrected chi connectivity index (χ0v) is 17.1. The number of hydrogen-bond donors (Lipinski definition) is 2. The van der Waals surface area contributed by atoms with Gasteiger partial charge >= 0.3 is 5.97 Å². The van der Waals surface area contributed by atoms with Gasteiger partial charge in [-0.1, -0.05) is 26.8 Å². The van der Waals surface area contributed by atoms with E-state index in [0.29, 0.717) is 16.9 Å². The maximum absolute atomic E-state index is 12.9. The second kappa shape index (κ2) is 7.50. The molecule has 0 aliphatic carbocycles. The molecule has 2 aromatic heterocycles. The van der Waals surface area contributed by atoms with Crippen LogP contribution in [0.4, 0.5) is 5.69 Å². The second-order valence-electron chi connectivity index (χ2n) is 8.03. The van der Waals surface area contributed by atoms with Crippen LogP contribution in [-0.2, 0) is 5.41 Å². The van der Waals surface area contributed by atoms with Crippen molar-refractivity contribution in [3.8, 4) is 5.69 Å². The predicted molar refractivity (Wildman–Crippen MR) is 111 cm³/mol. The summed E-state index contributed by atoms with van der Waals surface area (Å²) in [6.45, 7) is 10.0. The Morgan fingerprint density at radius 1 is 1.10 bits per heavy atom. The molecule has 29 heavy (non-hydrogen) atoms. The number of pyridine rings is 1. The first kappa shape index (κ1) is 20.3. The van der Waals surface area contributed by atoms with E-state index in [1.807, 2.05) is 32.2 Å². The third kappa shape index (κ3) is 4.34. The highest BCUT2D eigenvalue weighted by atomic mass is 16.4. The third-order valence-electron chi connectivity index (χ3n) is 4.75. The maximum Gasteiger partial charge on any atom is 0.356 e. The number of aromatic carboxylic acids is 1. The van der Waals surface area contributed by atoms with Crippen LogP contribution in [-0.4, -0.2) is 31.5 Å². The van der Waals surface area contributed by atoms with Gasteiger partial charge in [0.1, 0.15) is 6.33 Å². The SMILES string of the molecule is Cc1ccc(C(=O)Nc2cc(C(C)(C)C)cnc2C)cc1-n1cnc(C(=O)O)c1. The number of aromatic nitrogens is 3. The summed E-state index contributed by atoms with van der Waals surface area (Å²) in [6.07, 6.45) is 4.68. The van der Waals surface area contributed by atoms with Gasteiger partial charge in [0.2, 0.25) is 0 Å². The third-order valence-corrected chi connectivity index (χ3v) is 4.75. The molecule has 0 unspecified atom stereocenters. The van der Waals surface area contributed by atoms with Crippen molar-refractivity contribution in [1.82, 2.24) is 14.5 Å². The van der Waals surface area contributed by atoms with Gasteiger partial charge in [0.05, 0.1) is 17.1 Å². The van der Waals surface area contributed by atoms with Crippen molar-refractivity contribution in [3.63, 3.8) is 0 Å². The molecule has 1 amide bonds. The molecule has 0 atom stereocenters. The van der Waals surface area contributed by atoms with Crippen molar-refractivity contribution in [3.05, 3.63) is 71.1 Å². The van der Waals surface area contributed by atoms with E-state index >= 15 is 0 Å². The van der Waals surface area contributed by atoms with Crippen molar-refractivity contribution in [2.45, 2.75) is 40.0 Å². The Morgan fingerprint density at radius 2 is 1.83 bits per heavy atom. The molecule has 0 saturated heterocycles. The number of nitrogens with zero attached hydrogens (tertiary/aromatic N) is 3. The first-order valence-electron chi connectivity index (χ1n) is 9.23. The Kier molecular flexibility index (Phi) is 5.24. The first-order chi connectivity index (χ1) is 13.6. The van der Waals surface area contributed by atoms with E-state index in [1.54, 1.807) is 16.7 Å². The zero-order valence-electron chi connectivity index (χ0n) is 17.1. The molecule has 0 spiro atoms. The Morgan fingerprint density at radius 3 is 2.45 bits per heavy atom. The largest absolute Gasteiger partial charge is 0.476 e. The van der Waals surface area contributed by atoms with E-state index in [-0.39, 0.29) is 17.0 Å². The number of carboxylic acid groups (broad SMARTS) is 1. The molecule has 1 aromatic carbocycles. The fraction of sp³-hybridized carbons (Fsp3) is 0.273. The highest BCUT2D eigenvalue weighted by Crippen LogP contribution is 2.26. The summed E-state index contributed by atoms with van der Waals surface area (Å²) >= 11 is 0. The van der Waals surface area contributed by atoms with Crippen LogP contribution >= 0.6 is 0 Å². The number of imidazole rings is 1. The van der Waals surface area contributed by atoms with Gasteiger partial charge in [0.25, 0.3) is 5.91 Å². The van der Waals surface area contributed by atoms with Crippen molar-refractivity contribution in [1.29, 1.82) is 0 Å². The summed E-state index contributed by atoms with van der Waals surface area (Å²) in [4.78, 5) is 32.3. The summed E-state index contributed by atoms with van der Waals surface area (Å²) in [5.41, 5.74) is 4.33. The highest BCUT2D eigenvalue weighted by Gasteiger charge is 2.17. The number of carbonyl (C=O) groups is 2. The molecule has 0 saturated carbocycles. The molecule has 3 aromatic rings. The smallest absolute Gasteiger partial charge is 0.356 e. The normalized spacial score (nSPS) is 11.3. The molecule has 7 nitrogen and oxygen atoms in total. The number of amides is 1. The number of nitrogens with one attached hydrogen (secondary N) is 1. The number of hydrogen-bond acceptors (Lipinski definition) is 4. The number of anilines is 1. The minimum absolute atomic E-state index is 0.0556. The van der Waals surface area contributed by atoms with Crippen LogP contribution in [0.1, 0.15) is 58.4 Å². The van der Waals surface area contributed by atoms with Gasteiger partial charge < -0.3 is 15.0 Å². The van der Waals surface area contributed by atoms with Gasteiger partial charge in [0.15, 0.2) is 5.69 Å². The van der Waals surface area contributed by atoms with E-state index in [2.05, 4.69) is 36.1 Å². The molecule has 2 heterocycles. The van der Waals surface area contributed by atoms with E-state index < -0.39 is 5.97 Å². The van der Waals surface area contributed by atoms with Gasteiger partial charge in [-0.2, -0.15) is 0 Å². The molecule has 0 bridgehead atoms. The van der Waals surface area contributed by atoms with Crippen molar-refractivity contribution >= 4 is 17.6 Å². The lowest BCUT2D eigenvalue weighted by Crippen LogP contribution is -2.17. The Bertz CT molecular complexity index is 1090. The fourth-order valence-electron chi connectivity index (χ4n) is 2.86. The zero-order chi connectivity index (χ0) is 21.3. The minimum atomic E-state index is -1.10. The average Bonchev–Trinajstić information content (AvgIpc) is 3.13. The fourth-order valence-corrected chi connectivity index (χ4v) is 2.86. The number of benzene rings is 1. The summed E-state index contributed by atoms with van der Waals surface area (Å²) < 4.78 is 1.60. The number of carbonyl (C=O) groups excluding carboxylic acids is 1. The lowest BCUT2D eigenvalue weighted by molar-refractivity contribution is 0.0690. The average molecular weight is 392 g/mol. The van der Waals surface area contributed by atoms with Gasteiger partial charge in [-0.05, 0) is 48.6 Å². The quantitative estimate of drug-likeness (QED) is 0.696. The van der Waals surface area contributed by atoms with Crippen LogP contribution in [0.3, 0.4) is 0 Å². The summed E-state index contributed by atoms with van der Waals surface area (Å²) in [6, 6.07) is 7.22. The van der Waals surface area contributed by atoms with Gasteiger partial charge in [-0.15, -0.1) is 0 Å². The van der Waals surface area contributed by atoms with E-state index in [4.69, 9.17) is 5.11 Å². The van der Waals surface area contributed by atoms with E-state index in [1.165, 1.54) is 12.5 Å². The lowest BCUT2D eigenvalue weighted by atomic mass is 9.88. The number of rotatable bonds is 4. The summed E-state index contributed by atoms with van der Waals surface area (Å²) in [5.74, 6) is -1.36. The van der Waals surface area contributed by atoms with E-state index in [9.17, 15) is 9.59 Å². The molecule has 7 heteroatoms. The summed E-state index contributed by atoms with van der Waals surface area (Å²) in [5, 5.41) is 12.0. The second-order valence-corrected chi connectivity index (χ2v) is 8.03. The Hall–Kier alpha value is -3.48. The molecule has 0 radical (unpaired) electrons. The first-order valence-corrected chi connectivity index (χ1v) is 9.23. The van der Waals surface area contributed by atoms with Crippen molar-refractivity contribution in [2.75, 3.05) is 5.32 Å². The van der Waals surface area contributed by atoms with Crippen LogP contribution in [0, 0.1) is 13.8 Å². The number of aryl methyl sites for hydroxylation is 2. The van der Waals surface area contributed by atoms with Crippen LogP contribution in [0.15, 0.2) is 43.0 Å². The maximum atomic E-state index is 12.9. The molecule has 3 rings (SSSR count). The van der Waals surface area contributed by atoms with Crippen molar-refractivity contribution in [2.24, 2.45) is 0 Å². The van der Waals surface area contributed by atoms with Crippen LogP contribution in [0.25, 0.3) is 5.69 Å². The van der Waals surface area contributed by atoms with Crippen molar-refractivity contribution < 1.29 is 14.7 Å². The van der Waals surface area contributed by atoms with Crippen LogP contribution < -0.4 is 5.32 Å². The molecule has 0 aliphatic heterocycles. The standard InChI is InChI=1S/C22H24N4O3/c1-13-6-7-15(8-19(13)26-11-18(21(28)29)24-12-26)20(27)25-17-9-16(22(3,4)5)10-23-14(17)2/h6-12H,1-5H3,(H,25,27)(H,28,29). The van der Waals surface area contributed by atoms with Gasteiger partial charge in [-0.3, -0.25) is 9.78 Å². The van der Waals surface area contributed by atoms with Crippen LogP contribution in [0.5, 0.6) is 0 Å². The molecule has 0 aliphatic rings. The number of carboxylic acids is 1. The van der Waals surface area contributed by atoms with E-state index in [0.717, 1.165) is 16.8 Å². The molecular formula is C22H24N4O3. The Labute approximate surface area is 169 Å². The predicted octanol–water partition coefficient (Wildman–Crippen LogP) is 4.13. The molecule has 2 N–H and O–H groups in total. The minimum Gasteiger partial charge on any atom is -0.476 e.